The fraction of sp³-hybridized carbons (Fsp3) is 0.484. The summed E-state index contributed by atoms with van der Waals surface area (Å²) in [5.74, 6) is -2.63. The zero-order chi connectivity index (χ0) is 32.9. The Kier molecular flexibility index (Phi) is 13.7. The molecule has 2 aromatic rings. The third-order valence-corrected chi connectivity index (χ3v) is 7.65. The molecule has 1 aliphatic rings. The third kappa shape index (κ3) is 10.5. The van der Waals surface area contributed by atoms with Gasteiger partial charge in [0.2, 0.25) is 23.6 Å². The van der Waals surface area contributed by atoms with Gasteiger partial charge in [0.15, 0.2) is 0 Å². The van der Waals surface area contributed by atoms with E-state index in [0.29, 0.717) is 36.9 Å². The number of amides is 4. The van der Waals surface area contributed by atoms with Crippen LogP contribution < -0.4 is 44.2 Å². The number of fused-ring (bicyclic) bond motifs is 5. The summed E-state index contributed by atoms with van der Waals surface area (Å²) < 4.78 is 0. The molecule has 0 radical (unpaired) electrons. The second-order valence-electron chi connectivity index (χ2n) is 11.3. The number of benzene rings is 2. The molecule has 0 spiro atoms. The van der Waals surface area contributed by atoms with Crippen molar-refractivity contribution in [2.24, 2.45) is 22.9 Å². The molecule has 4 bridgehead atoms. The van der Waals surface area contributed by atoms with Crippen molar-refractivity contribution in [2.75, 3.05) is 26.2 Å². The fourth-order valence-corrected chi connectivity index (χ4v) is 5.03. The number of phenols is 1. The SMILES string of the molecule is NCCC[C@H](N)CNC(=O)[C@H](CO)NC(=O)[C@@H]1Cc2cccc(c2)-c2ccc(O)c(c2)C[C@H](N)C(=O)N[C@@H](CCCN)C(=O)N1. The molecule has 0 unspecified atom stereocenters. The van der Waals surface area contributed by atoms with Gasteiger partial charge in [-0.3, -0.25) is 19.2 Å². The van der Waals surface area contributed by atoms with Gasteiger partial charge in [-0.15, -0.1) is 0 Å². The van der Waals surface area contributed by atoms with Gasteiger partial charge in [-0.1, -0.05) is 30.3 Å². The zero-order valence-electron chi connectivity index (χ0n) is 25.3. The van der Waals surface area contributed by atoms with E-state index in [1.807, 2.05) is 12.1 Å². The Labute approximate surface area is 262 Å². The zero-order valence-corrected chi connectivity index (χ0v) is 25.3. The number of carbonyl (C=O) groups excluding carboxylic acids is 4. The van der Waals surface area contributed by atoms with Gasteiger partial charge >= 0.3 is 0 Å². The van der Waals surface area contributed by atoms with Gasteiger partial charge in [0, 0.05) is 25.4 Å². The second kappa shape index (κ2) is 17.4. The minimum atomic E-state index is -1.31. The minimum Gasteiger partial charge on any atom is -0.508 e. The highest BCUT2D eigenvalue weighted by atomic mass is 16.3. The first-order valence-electron chi connectivity index (χ1n) is 15.2. The van der Waals surface area contributed by atoms with Crippen LogP contribution in [-0.2, 0) is 32.0 Å². The molecule has 14 nitrogen and oxygen atoms in total. The van der Waals surface area contributed by atoms with Crippen LogP contribution in [0.1, 0.15) is 36.8 Å². The van der Waals surface area contributed by atoms with E-state index in [4.69, 9.17) is 22.9 Å². The molecule has 0 fully saturated rings. The highest BCUT2D eigenvalue weighted by Gasteiger charge is 2.31. The van der Waals surface area contributed by atoms with Crippen molar-refractivity contribution in [3.05, 3.63) is 53.6 Å². The van der Waals surface area contributed by atoms with E-state index in [9.17, 15) is 29.4 Å². The summed E-state index contributed by atoms with van der Waals surface area (Å²) in [7, 11) is 0. The molecule has 3 rings (SSSR count). The summed E-state index contributed by atoms with van der Waals surface area (Å²) in [5, 5.41) is 30.9. The van der Waals surface area contributed by atoms with Crippen LogP contribution in [0.2, 0.25) is 0 Å². The van der Waals surface area contributed by atoms with E-state index in [-0.39, 0.29) is 44.1 Å². The molecule has 246 valence electrons. The van der Waals surface area contributed by atoms with Gasteiger partial charge in [-0.05, 0) is 73.2 Å². The standard InChI is InChI=1S/C31H46N8O6/c32-10-2-6-22(34)16-36-29(43)26(17-40)39-31(45)25-13-18-4-1-5-19(12-18)20-8-9-27(41)21(14-20)15-23(35)28(42)37-24(7-3-11-33)30(44)38-25/h1,4-5,8-9,12,14,22-26,40-41H,2-3,6-7,10-11,13,15-17,32-35H2,(H,36,43)(H,37,42)(H,38,44)(H,39,45)/t22-,23-,24-,25-,26-/m0/s1. The minimum absolute atomic E-state index is 0.0170. The van der Waals surface area contributed by atoms with Crippen molar-refractivity contribution in [3.8, 4) is 16.9 Å². The van der Waals surface area contributed by atoms with Crippen molar-refractivity contribution in [3.63, 3.8) is 0 Å². The first-order chi connectivity index (χ1) is 21.6. The Balaban J connectivity index is 1.92. The van der Waals surface area contributed by atoms with Gasteiger partial charge in [0.25, 0.3) is 0 Å². The molecule has 45 heavy (non-hydrogen) atoms. The first-order valence-corrected chi connectivity index (χ1v) is 15.2. The third-order valence-electron chi connectivity index (χ3n) is 7.65. The quantitative estimate of drug-likeness (QED) is 0.122. The molecule has 0 saturated carbocycles. The molecule has 1 aliphatic heterocycles. The summed E-state index contributed by atoms with van der Waals surface area (Å²) in [6, 6.07) is 7.29. The predicted octanol–water partition coefficient (Wildman–Crippen LogP) is -2.15. The lowest BCUT2D eigenvalue weighted by Gasteiger charge is -2.26. The van der Waals surface area contributed by atoms with Crippen molar-refractivity contribution in [1.82, 2.24) is 21.3 Å². The number of hydrogen-bond donors (Lipinski definition) is 10. The van der Waals surface area contributed by atoms with E-state index < -0.39 is 54.4 Å². The van der Waals surface area contributed by atoms with E-state index in [1.54, 1.807) is 24.3 Å². The Morgan fingerprint density at radius 2 is 1.71 bits per heavy atom. The molecule has 0 aliphatic carbocycles. The number of nitrogens with two attached hydrogens (primary N) is 4. The van der Waals surface area contributed by atoms with Crippen LogP contribution in [-0.4, -0.2) is 90.3 Å². The van der Waals surface area contributed by atoms with E-state index in [2.05, 4.69) is 21.3 Å². The Morgan fingerprint density at radius 1 is 0.978 bits per heavy atom. The molecular formula is C31H46N8O6. The lowest BCUT2D eigenvalue weighted by molar-refractivity contribution is -0.134. The highest BCUT2D eigenvalue weighted by Crippen LogP contribution is 2.28. The summed E-state index contributed by atoms with van der Waals surface area (Å²) in [4.78, 5) is 53.0. The summed E-state index contributed by atoms with van der Waals surface area (Å²) >= 11 is 0. The maximum atomic E-state index is 13.6. The lowest BCUT2D eigenvalue weighted by Crippen LogP contribution is -2.59. The van der Waals surface area contributed by atoms with Crippen molar-refractivity contribution in [1.29, 1.82) is 0 Å². The summed E-state index contributed by atoms with van der Waals surface area (Å²) in [6.45, 7) is 0.155. The van der Waals surface area contributed by atoms with Crippen molar-refractivity contribution >= 4 is 23.6 Å². The lowest BCUT2D eigenvalue weighted by atomic mass is 9.96. The van der Waals surface area contributed by atoms with Crippen LogP contribution >= 0.6 is 0 Å². The largest absolute Gasteiger partial charge is 0.508 e. The van der Waals surface area contributed by atoms with Crippen molar-refractivity contribution in [2.45, 2.75) is 68.7 Å². The molecular weight excluding hydrogens is 580 g/mol. The molecule has 4 amide bonds. The topological polar surface area (TPSA) is 261 Å². The second-order valence-corrected chi connectivity index (χ2v) is 11.3. The average molecular weight is 627 g/mol. The Morgan fingerprint density at radius 3 is 2.42 bits per heavy atom. The molecule has 14 N–H and O–H groups in total. The molecule has 14 heteroatoms. The van der Waals surface area contributed by atoms with Gasteiger partial charge in [0.05, 0.1) is 12.6 Å². The van der Waals surface area contributed by atoms with Crippen LogP contribution in [0.15, 0.2) is 42.5 Å². The van der Waals surface area contributed by atoms with E-state index in [1.165, 1.54) is 6.07 Å². The van der Waals surface area contributed by atoms with E-state index >= 15 is 0 Å². The molecule has 1 heterocycles. The van der Waals surface area contributed by atoms with Crippen LogP contribution in [0.25, 0.3) is 11.1 Å². The van der Waals surface area contributed by atoms with Gasteiger partial charge in [-0.2, -0.15) is 0 Å². The maximum Gasteiger partial charge on any atom is 0.245 e. The average Bonchev–Trinajstić information content (AvgIpc) is 3.03. The Hall–Kier alpha value is -4.08. The van der Waals surface area contributed by atoms with Crippen molar-refractivity contribution < 1.29 is 29.4 Å². The summed E-state index contributed by atoms with van der Waals surface area (Å²) in [6.07, 6.45) is 1.90. The maximum absolute atomic E-state index is 13.6. The smallest absolute Gasteiger partial charge is 0.245 e. The van der Waals surface area contributed by atoms with Gasteiger partial charge in [-0.25, -0.2) is 0 Å². The number of hydrogen-bond acceptors (Lipinski definition) is 10. The number of aliphatic hydroxyl groups is 1. The number of aliphatic hydroxyl groups excluding tert-OH is 1. The van der Waals surface area contributed by atoms with Crippen LogP contribution in [0.3, 0.4) is 0 Å². The number of nitrogens with one attached hydrogen (secondary N) is 4. The summed E-state index contributed by atoms with van der Waals surface area (Å²) in [5.41, 5.74) is 26.0. The normalized spacial score (nSPS) is 20.1. The van der Waals surface area contributed by atoms with Crippen LogP contribution in [0.4, 0.5) is 0 Å². The molecule has 2 aromatic carbocycles. The molecule has 0 aromatic heterocycles. The van der Waals surface area contributed by atoms with E-state index in [0.717, 1.165) is 11.1 Å². The molecule has 5 atom stereocenters. The fourth-order valence-electron chi connectivity index (χ4n) is 5.03. The monoisotopic (exact) mass is 626 g/mol. The number of carbonyl (C=O) groups is 4. The van der Waals surface area contributed by atoms with Crippen LogP contribution in [0, 0.1) is 0 Å². The molecule has 0 saturated heterocycles. The number of aromatic hydroxyl groups is 1. The predicted molar refractivity (Wildman–Crippen MR) is 169 cm³/mol. The number of rotatable bonds is 12. The van der Waals surface area contributed by atoms with Gasteiger partial charge < -0.3 is 54.4 Å². The Bertz CT molecular complexity index is 1320. The number of phenolic OH excluding ortho intramolecular Hbond substituents is 1. The van der Waals surface area contributed by atoms with Gasteiger partial charge in [0.1, 0.15) is 23.9 Å². The highest BCUT2D eigenvalue weighted by molar-refractivity contribution is 5.95. The first kappa shape index (κ1) is 35.4. The van der Waals surface area contributed by atoms with Crippen LogP contribution in [0.5, 0.6) is 5.75 Å².